The van der Waals surface area contributed by atoms with Gasteiger partial charge in [0, 0.05) is 17.8 Å². The van der Waals surface area contributed by atoms with Gasteiger partial charge in [-0.2, -0.15) is 5.10 Å². The molecule has 0 aliphatic heterocycles. The van der Waals surface area contributed by atoms with Crippen LogP contribution < -0.4 is 11.0 Å². The van der Waals surface area contributed by atoms with E-state index in [4.69, 9.17) is 4.42 Å². The molecule has 2 aromatic carbocycles. The Morgan fingerprint density at radius 3 is 2.62 bits per heavy atom. The first kappa shape index (κ1) is 17.5. The Morgan fingerprint density at radius 1 is 1.10 bits per heavy atom. The zero-order chi connectivity index (χ0) is 19.8. The lowest BCUT2D eigenvalue weighted by Crippen LogP contribution is -2.31. The molecule has 146 valence electrons. The number of para-hydroxylation sites is 2. The number of benzene rings is 2. The number of carbonyl (C=O) groups is 1. The second-order valence-corrected chi connectivity index (χ2v) is 7.21. The summed E-state index contributed by atoms with van der Waals surface area (Å²) in [5.41, 5.74) is 1.30. The lowest BCUT2D eigenvalue weighted by atomic mass is 10.2. The van der Waals surface area contributed by atoms with Crippen LogP contribution in [0.15, 0.2) is 69.9 Å². The number of carbonyl (C=O) groups excluding carboxylic acids is 1. The van der Waals surface area contributed by atoms with Crippen molar-refractivity contribution in [3.63, 3.8) is 0 Å². The van der Waals surface area contributed by atoms with Crippen molar-refractivity contribution in [3.05, 3.63) is 82.7 Å². The van der Waals surface area contributed by atoms with Gasteiger partial charge in [-0.3, -0.25) is 4.79 Å². The number of aromatic nitrogens is 3. The van der Waals surface area contributed by atoms with Crippen LogP contribution in [0.25, 0.3) is 16.7 Å². The highest BCUT2D eigenvalue weighted by molar-refractivity contribution is 5.96. The molecular formula is C22H20N4O3. The fourth-order valence-electron chi connectivity index (χ4n) is 3.45. The lowest BCUT2D eigenvalue weighted by Gasteiger charge is -2.03. The number of nitrogens with zero attached hydrogens (tertiary/aromatic N) is 3. The van der Waals surface area contributed by atoms with Crippen LogP contribution in [0.4, 0.5) is 0 Å². The molecule has 4 aromatic rings. The van der Waals surface area contributed by atoms with Crippen molar-refractivity contribution in [2.24, 2.45) is 0 Å². The van der Waals surface area contributed by atoms with Gasteiger partial charge in [-0.1, -0.05) is 36.4 Å². The van der Waals surface area contributed by atoms with Crippen LogP contribution >= 0.6 is 0 Å². The summed E-state index contributed by atoms with van der Waals surface area (Å²) in [6.45, 7) is 0.579. The number of nitrogens with one attached hydrogen (secondary N) is 1. The Bertz CT molecular complexity index is 1200. The summed E-state index contributed by atoms with van der Waals surface area (Å²) in [6, 6.07) is 18.7. The second kappa shape index (κ2) is 7.09. The summed E-state index contributed by atoms with van der Waals surface area (Å²) in [7, 11) is 0. The molecule has 0 radical (unpaired) electrons. The predicted octanol–water partition coefficient (Wildman–Crippen LogP) is 3.09. The normalized spacial score (nSPS) is 13.7. The molecule has 0 unspecified atom stereocenters. The van der Waals surface area contributed by atoms with E-state index in [-0.39, 0.29) is 23.9 Å². The van der Waals surface area contributed by atoms with Crippen molar-refractivity contribution < 1.29 is 9.21 Å². The second-order valence-electron chi connectivity index (χ2n) is 7.21. The Morgan fingerprint density at radius 2 is 1.86 bits per heavy atom. The number of furan rings is 1. The number of hydrogen-bond acceptors (Lipinski definition) is 4. The molecule has 7 heteroatoms. The highest BCUT2D eigenvalue weighted by Crippen LogP contribution is 2.39. The summed E-state index contributed by atoms with van der Waals surface area (Å²) in [5, 5.41) is 8.23. The fourth-order valence-corrected chi connectivity index (χ4v) is 3.45. The van der Waals surface area contributed by atoms with Gasteiger partial charge in [-0.05, 0) is 37.1 Å². The maximum absolute atomic E-state index is 12.9. The molecule has 29 heavy (non-hydrogen) atoms. The molecule has 7 nitrogen and oxygen atoms in total. The Labute approximate surface area is 166 Å². The minimum atomic E-state index is -0.306. The zero-order valence-corrected chi connectivity index (χ0v) is 15.7. The standard InChI is InChI=1S/C22H20N4O3/c27-21(19-14-16-6-4-5-9-18(16)29-19)23-12-13-25-22(28)26(17-7-2-1-3-8-17)20(24-25)15-10-11-15/h1-9,14-15H,10-13H2,(H,23,27). The molecule has 1 fully saturated rings. The minimum Gasteiger partial charge on any atom is -0.451 e. The third-order valence-electron chi connectivity index (χ3n) is 5.08. The summed E-state index contributed by atoms with van der Waals surface area (Å²) in [6.07, 6.45) is 2.10. The van der Waals surface area contributed by atoms with Crippen molar-refractivity contribution in [2.45, 2.75) is 25.3 Å². The van der Waals surface area contributed by atoms with E-state index in [1.807, 2.05) is 54.6 Å². The zero-order valence-electron chi connectivity index (χ0n) is 15.7. The molecule has 1 aliphatic rings. The minimum absolute atomic E-state index is 0.184. The van der Waals surface area contributed by atoms with Gasteiger partial charge in [-0.15, -0.1) is 0 Å². The van der Waals surface area contributed by atoms with Crippen LogP contribution in [-0.2, 0) is 6.54 Å². The van der Waals surface area contributed by atoms with Crippen LogP contribution in [-0.4, -0.2) is 26.8 Å². The molecule has 1 saturated carbocycles. The average Bonchev–Trinajstić information content (AvgIpc) is 3.41. The van der Waals surface area contributed by atoms with Crippen LogP contribution in [0, 0.1) is 0 Å². The first-order valence-corrected chi connectivity index (χ1v) is 9.72. The first-order chi connectivity index (χ1) is 14.2. The van der Waals surface area contributed by atoms with Crippen LogP contribution in [0.2, 0.25) is 0 Å². The van der Waals surface area contributed by atoms with E-state index in [1.54, 1.807) is 10.6 Å². The van der Waals surface area contributed by atoms with Gasteiger partial charge in [-0.25, -0.2) is 14.0 Å². The average molecular weight is 388 g/mol. The molecule has 2 aromatic heterocycles. The first-order valence-electron chi connectivity index (χ1n) is 9.72. The van der Waals surface area contributed by atoms with Gasteiger partial charge in [0.1, 0.15) is 11.4 Å². The predicted molar refractivity (Wildman–Crippen MR) is 108 cm³/mol. The smallest absolute Gasteiger partial charge is 0.350 e. The van der Waals surface area contributed by atoms with Gasteiger partial charge in [0.15, 0.2) is 5.76 Å². The van der Waals surface area contributed by atoms with Crippen molar-refractivity contribution >= 4 is 16.9 Å². The van der Waals surface area contributed by atoms with Gasteiger partial charge in [0.25, 0.3) is 5.91 Å². The molecule has 0 bridgehead atoms. The van der Waals surface area contributed by atoms with E-state index >= 15 is 0 Å². The number of fused-ring (bicyclic) bond motifs is 1. The molecule has 2 heterocycles. The van der Waals surface area contributed by atoms with Gasteiger partial charge < -0.3 is 9.73 Å². The summed E-state index contributed by atoms with van der Waals surface area (Å²) < 4.78 is 8.69. The third-order valence-corrected chi connectivity index (χ3v) is 5.08. The largest absolute Gasteiger partial charge is 0.451 e. The van der Waals surface area contributed by atoms with Crippen molar-refractivity contribution in [3.8, 4) is 5.69 Å². The monoisotopic (exact) mass is 388 g/mol. The van der Waals surface area contributed by atoms with Crippen LogP contribution in [0.1, 0.15) is 35.1 Å². The Hall–Kier alpha value is -3.61. The molecular weight excluding hydrogens is 368 g/mol. The van der Waals surface area contributed by atoms with E-state index < -0.39 is 0 Å². The molecule has 1 aliphatic carbocycles. The third kappa shape index (κ3) is 3.35. The van der Waals surface area contributed by atoms with Crippen LogP contribution in [0.3, 0.4) is 0 Å². The molecule has 0 spiro atoms. The number of rotatable bonds is 6. The Balaban J connectivity index is 1.32. The van der Waals surface area contributed by atoms with E-state index in [0.29, 0.717) is 18.0 Å². The quantitative estimate of drug-likeness (QED) is 0.550. The van der Waals surface area contributed by atoms with Crippen molar-refractivity contribution in [1.82, 2.24) is 19.7 Å². The number of hydrogen-bond donors (Lipinski definition) is 1. The maximum atomic E-state index is 12.9. The van der Waals surface area contributed by atoms with E-state index in [2.05, 4.69) is 10.4 Å². The molecule has 0 saturated heterocycles. The SMILES string of the molecule is O=C(NCCn1nc(C2CC2)n(-c2ccccc2)c1=O)c1cc2ccccc2o1. The molecule has 0 atom stereocenters. The van der Waals surface area contributed by atoms with E-state index in [0.717, 1.165) is 29.7 Å². The maximum Gasteiger partial charge on any atom is 0.350 e. The van der Waals surface area contributed by atoms with Crippen LogP contribution in [0.5, 0.6) is 0 Å². The molecule has 1 amide bonds. The number of amides is 1. The summed E-state index contributed by atoms with van der Waals surface area (Å²) in [5.74, 6) is 1.07. The van der Waals surface area contributed by atoms with Gasteiger partial charge >= 0.3 is 5.69 Å². The molecule has 1 N–H and O–H groups in total. The van der Waals surface area contributed by atoms with Crippen molar-refractivity contribution in [1.29, 1.82) is 0 Å². The summed E-state index contributed by atoms with van der Waals surface area (Å²) in [4.78, 5) is 25.3. The lowest BCUT2D eigenvalue weighted by molar-refractivity contribution is 0.0926. The topological polar surface area (TPSA) is 82.1 Å². The Kier molecular flexibility index (Phi) is 4.27. The van der Waals surface area contributed by atoms with Gasteiger partial charge in [0.2, 0.25) is 0 Å². The van der Waals surface area contributed by atoms with Gasteiger partial charge in [0.05, 0.1) is 12.2 Å². The highest BCUT2D eigenvalue weighted by Gasteiger charge is 2.31. The fraction of sp³-hybridized carbons (Fsp3) is 0.227. The van der Waals surface area contributed by atoms with E-state index in [9.17, 15) is 9.59 Å². The molecule has 5 rings (SSSR count). The summed E-state index contributed by atoms with van der Waals surface area (Å²) >= 11 is 0. The van der Waals surface area contributed by atoms with Crippen molar-refractivity contribution in [2.75, 3.05) is 6.54 Å². The van der Waals surface area contributed by atoms with E-state index in [1.165, 1.54) is 4.68 Å². The highest BCUT2D eigenvalue weighted by atomic mass is 16.3.